The molecule has 4 nitrogen and oxygen atoms in total. The first-order valence-electron chi connectivity index (χ1n) is 7.20. The van der Waals surface area contributed by atoms with Crippen LogP contribution in [0.15, 0.2) is 42.5 Å². The number of hydrogen-bond donors (Lipinski definition) is 0. The van der Waals surface area contributed by atoms with Crippen molar-refractivity contribution in [1.29, 1.82) is 0 Å². The van der Waals surface area contributed by atoms with Crippen LogP contribution in [-0.2, 0) is 11.3 Å². The Hall–Kier alpha value is -2.05. The quantitative estimate of drug-likeness (QED) is 0.692. The molecule has 0 bridgehead atoms. The van der Waals surface area contributed by atoms with E-state index in [2.05, 4.69) is 4.74 Å². The third-order valence-electron chi connectivity index (χ3n) is 3.25. The van der Waals surface area contributed by atoms with Gasteiger partial charge in [-0.25, -0.2) is 0 Å². The molecule has 0 unspecified atom stereocenters. The van der Waals surface area contributed by atoms with E-state index in [4.69, 9.17) is 27.9 Å². The molecule has 0 heterocycles. The minimum Gasteiger partial charge on any atom is -0.484 e. The summed E-state index contributed by atoms with van der Waals surface area (Å²) in [5, 5.41) is 0.739. The minimum atomic E-state index is -2.87. The van der Waals surface area contributed by atoms with Crippen molar-refractivity contribution in [2.24, 2.45) is 0 Å². The molecule has 0 spiro atoms. The normalized spacial score (nSPS) is 10.6. The highest BCUT2D eigenvalue weighted by Crippen LogP contribution is 2.26. The molecule has 0 atom stereocenters. The van der Waals surface area contributed by atoms with Crippen LogP contribution in [0.2, 0.25) is 10.0 Å². The number of carbonyl (C=O) groups is 1. The Balaban J connectivity index is 1.86. The molecule has 0 saturated carbocycles. The van der Waals surface area contributed by atoms with Crippen LogP contribution in [-0.4, -0.2) is 31.1 Å². The van der Waals surface area contributed by atoms with E-state index in [-0.39, 0.29) is 18.3 Å². The van der Waals surface area contributed by atoms with Gasteiger partial charge < -0.3 is 14.4 Å². The van der Waals surface area contributed by atoms with Gasteiger partial charge in [0.1, 0.15) is 11.5 Å². The van der Waals surface area contributed by atoms with E-state index in [9.17, 15) is 13.6 Å². The Morgan fingerprint density at radius 2 is 1.72 bits per heavy atom. The Morgan fingerprint density at radius 1 is 1.08 bits per heavy atom. The predicted octanol–water partition coefficient (Wildman–Crippen LogP) is 4.63. The van der Waals surface area contributed by atoms with E-state index in [1.54, 1.807) is 31.3 Å². The molecule has 0 aliphatic heterocycles. The molecule has 2 rings (SSSR count). The first-order chi connectivity index (χ1) is 11.8. The molecule has 1 amide bonds. The maximum absolute atomic E-state index is 12.1. The fourth-order valence-electron chi connectivity index (χ4n) is 1.96. The van der Waals surface area contributed by atoms with Gasteiger partial charge in [0.25, 0.3) is 5.91 Å². The number of hydrogen-bond acceptors (Lipinski definition) is 3. The van der Waals surface area contributed by atoms with Crippen molar-refractivity contribution in [3.63, 3.8) is 0 Å². The first kappa shape index (κ1) is 19.3. The van der Waals surface area contributed by atoms with Crippen LogP contribution in [0.1, 0.15) is 5.56 Å². The van der Waals surface area contributed by atoms with Crippen molar-refractivity contribution in [3.05, 3.63) is 58.1 Å². The topological polar surface area (TPSA) is 38.8 Å². The van der Waals surface area contributed by atoms with Gasteiger partial charge in [-0.05, 0) is 29.8 Å². The van der Waals surface area contributed by atoms with Gasteiger partial charge in [0, 0.05) is 19.7 Å². The maximum atomic E-state index is 12.1. The molecule has 134 valence electrons. The highest BCUT2D eigenvalue weighted by Gasteiger charge is 2.11. The zero-order valence-corrected chi connectivity index (χ0v) is 14.7. The number of rotatable bonds is 7. The van der Waals surface area contributed by atoms with Crippen LogP contribution in [0.5, 0.6) is 11.5 Å². The Labute approximate surface area is 153 Å². The molecule has 2 aromatic carbocycles. The average molecular weight is 390 g/mol. The number of benzene rings is 2. The third kappa shape index (κ3) is 6.07. The van der Waals surface area contributed by atoms with Gasteiger partial charge in [0.15, 0.2) is 6.61 Å². The summed E-state index contributed by atoms with van der Waals surface area (Å²) < 4.78 is 33.9. The van der Waals surface area contributed by atoms with E-state index in [1.165, 1.54) is 23.1 Å². The number of ether oxygens (including phenoxy) is 2. The lowest BCUT2D eigenvalue weighted by atomic mass is 10.2. The lowest BCUT2D eigenvalue weighted by Crippen LogP contribution is -2.30. The molecule has 0 fully saturated rings. The maximum Gasteiger partial charge on any atom is 0.387 e. The van der Waals surface area contributed by atoms with Crippen LogP contribution in [0, 0.1) is 0 Å². The zero-order valence-electron chi connectivity index (χ0n) is 13.2. The highest BCUT2D eigenvalue weighted by atomic mass is 35.5. The molecule has 0 aromatic heterocycles. The second kappa shape index (κ2) is 8.87. The third-order valence-corrected chi connectivity index (χ3v) is 3.99. The summed E-state index contributed by atoms with van der Waals surface area (Å²) in [7, 11) is 1.62. The molecule has 0 saturated heterocycles. The summed E-state index contributed by atoms with van der Waals surface area (Å²) in [5.41, 5.74) is 0.770. The van der Waals surface area contributed by atoms with E-state index < -0.39 is 6.61 Å². The van der Waals surface area contributed by atoms with E-state index in [1.807, 2.05) is 0 Å². The van der Waals surface area contributed by atoms with E-state index >= 15 is 0 Å². The van der Waals surface area contributed by atoms with Crippen molar-refractivity contribution in [2.75, 3.05) is 13.7 Å². The largest absolute Gasteiger partial charge is 0.484 e. The van der Waals surface area contributed by atoms with Crippen molar-refractivity contribution in [2.45, 2.75) is 13.2 Å². The fourth-order valence-corrected chi connectivity index (χ4v) is 2.25. The number of alkyl halides is 2. The molecule has 8 heteroatoms. The van der Waals surface area contributed by atoms with Crippen molar-refractivity contribution in [3.8, 4) is 11.5 Å². The number of amides is 1. The van der Waals surface area contributed by atoms with E-state index in [0.717, 1.165) is 5.56 Å². The second-order valence-electron chi connectivity index (χ2n) is 5.14. The zero-order chi connectivity index (χ0) is 18.4. The van der Waals surface area contributed by atoms with Gasteiger partial charge in [-0.1, -0.05) is 35.3 Å². The van der Waals surface area contributed by atoms with Crippen molar-refractivity contribution >= 4 is 29.1 Å². The monoisotopic (exact) mass is 389 g/mol. The summed E-state index contributed by atoms with van der Waals surface area (Å²) >= 11 is 11.7. The summed E-state index contributed by atoms with van der Waals surface area (Å²) in [6.07, 6.45) is 0. The number of likely N-dealkylation sites (N-methyl/N-ethyl adjacent to an activating group) is 1. The van der Waals surface area contributed by atoms with Gasteiger partial charge in [-0.2, -0.15) is 8.78 Å². The molecular formula is C17H15Cl2F2NO3. The van der Waals surface area contributed by atoms with Crippen molar-refractivity contribution < 1.29 is 23.0 Å². The summed E-state index contributed by atoms with van der Waals surface area (Å²) in [6, 6.07) is 10.8. The SMILES string of the molecule is CN(Cc1ccc(OC(F)F)cc1)C(=O)COc1ccc(Cl)c(Cl)c1. The average Bonchev–Trinajstić information content (AvgIpc) is 2.57. The lowest BCUT2D eigenvalue weighted by Gasteiger charge is -2.18. The molecule has 0 aliphatic carbocycles. The second-order valence-corrected chi connectivity index (χ2v) is 5.95. The van der Waals surface area contributed by atoms with Gasteiger partial charge in [0.2, 0.25) is 0 Å². The Morgan fingerprint density at radius 3 is 2.32 bits per heavy atom. The van der Waals surface area contributed by atoms with Gasteiger partial charge >= 0.3 is 6.61 Å². The number of carbonyl (C=O) groups excluding carboxylic acids is 1. The fraction of sp³-hybridized carbons (Fsp3) is 0.235. The van der Waals surface area contributed by atoms with Gasteiger partial charge in [-0.3, -0.25) is 4.79 Å². The molecular weight excluding hydrogens is 375 g/mol. The van der Waals surface area contributed by atoms with Gasteiger partial charge in [0.05, 0.1) is 10.0 Å². The molecule has 0 aliphatic rings. The van der Waals surface area contributed by atoms with Crippen LogP contribution < -0.4 is 9.47 Å². The van der Waals surface area contributed by atoms with Crippen LogP contribution in [0.4, 0.5) is 8.78 Å². The van der Waals surface area contributed by atoms with E-state index in [0.29, 0.717) is 22.3 Å². The van der Waals surface area contributed by atoms with Crippen LogP contribution in [0.25, 0.3) is 0 Å². The molecule has 25 heavy (non-hydrogen) atoms. The Bertz CT molecular complexity index is 726. The molecule has 0 radical (unpaired) electrons. The van der Waals surface area contributed by atoms with Crippen molar-refractivity contribution in [1.82, 2.24) is 4.90 Å². The number of halogens is 4. The number of nitrogens with zero attached hydrogens (tertiary/aromatic N) is 1. The minimum absolute atomic E-state index is 0.0654. The highest BCUT2D eigenvalue weighted by molar-refractivity contribution is 6.42. The molecule has 2 aromatic rings. The van der Waals surface area contributed by atoms with Gasteiger partial charge in [-0.15, -0.1) is 0 Å². The first-order valence-corrected chi connectivity index (χ1v) is 7.96. The summed E-state index contributed by atoms with van der Waals surface area (Å²) in [6.45, 7) is -2.73. The smallest absolute Gasteiger partial charge is 0.387 e. The van der Waals surface area contributed by atoms with Crippen LogP contribution in [0.3, 0.4) is 0 Å². The predicted molar refractivity (Wildman–Crippen MR) is 91.5 cm³/mol. The van der Waals surface area contributed by atoms with Crippen LogP contribution >= 0.6 is 23.2 Å². The molecule has 0 N–H and O–H groups in total. The lowest BCUT2D eigenvalue weighted by molar-refractivity contribution is -0.132. The Kier molecular flexibility index (Phi) is 6.84. The summed E-state index contributed by atoms with van der Waals surface area (Å²) in [4.78, 5) is 13.6. The standard InChI is InChI=1S/C17H15Cl2F2NO3/c1-22(9-11-2-4-12(5-3-11)25-17(20)21)16(23)10-24-13-6-7-14(18)15(19)8-13/h2-8,17H,9-10H2,1H3. The summed E-state index contributed by atoms with van der Waals surface area (Å²) in [5.74, 6) is 0.249.